The molecule has 0 spiro atoms. The van der Waals surface area contributed by atoms with Crippen molar-refractivity contribution in [2.45, 2.75) is 13.5 Å². The normalized spacial score (nSPS) is 11.3. The Balaban J connectivity index is 2.06. The van der Waals surface area contributed by atoms with Crippen LogP contribution in [0.2, 0.25) is 15.1 Å². The van der Waals surface area contributed by atoms with Gasteiger partial charge >= 0.3 is 0 Å². The molecule has 1 aromatic heterocycles. The highest BCUT2D eigenvalue weighted by atomic mass is 35.5. The molecular weight excluding hydrogens is 460 g/mol. The van der Waals surface area contributed by atoms with Crippen LogP contribution in [0.25, 0.3) is 28.0 Å². The number of rotatable bonds is 5. The van der Waals surface area contributed by atoms with Crippen LogP contribution < -0.4 is 10.9 Å². The largest absolute Gasteiger partial charge is 0.313 e. The quantitative estimate of drug-likeness (QED) is 0.370. The summed E-state index contributed by atoms with van der Waals surface area (Å²) in [7, 11) is 0. The summed E-state index contributed by atoms with van der Waals surface area (Å²) < 4.78 is 15.6. The molecule has 4 aromatic rings. The number of hydrogen-bond donors (Lipinski definition) is 1. The number of nitrogens with zero attached hydrogens (tertiary/aromatic N) is 2. The molecule has 4 rings (SSSR count). The zero-order valence-electron chi connectivity index (χ0n) is 16.4. The van der Waals surface area contributed by atoms with Gasteiger partial charge in [-0.3, -0.25) is 9.36 Å². The van der Waals surface area contributed by atoms with E-state index >= 15 is 0 Å². The molecular formula is C23H17Cl3FN3O. The van der Waals surface area contributed by atoms with Crippen molar-refractivity contribution in [3.63, 3.8) is 0 Å². The zero-order valence-corrected chi connectivity index (χ0v) is 18.7. The molecule has 0 aliphatic rings. The van der Waals surface area contributed by atoms with Gasteiger partial charge in [0.25, 0.3) is 5.56 Å². The molecule has 0 saturated heterocycles. The van der Waals surface area contributed by atoms with Crippen molar-refractivity contribution in [2.24, 2.45) is 0 Å². The van der Waals surface area contributed by atoms with E-state index in [9.17, 15) is 9.18 Å². The Morgan fingerprint density at radius 3 is 2.52 bits per heavy atom. The number of benzene rings is 3. The van der Waals surface area contributed by atoms with E-state index in [1.165, 1.54) is 16.7 Å². The van der Waals surface area contributed by atoms with Crippen LogP contribution in [0.4, 0.5) is 4.39 Å². The first kappa shape index (κ1) is 21.8. The molecule has 1 N–H and O–H groups in total. The maximum absolute atomic E-state index is 14.3. The molecule has 158 valence electrons. The standard InChI is InChI=1S/C23H17Cl3FN3O/c1-2-28-12-13-3-7-18(25)17(9-13)22-29-21-10-14(24)4-6-16(21)23(31)30(22)15-5-8-19(26)20(27)11-15/h3-11,28H,2,12H2,1H3. The van der Waals surface area contributed by atoms with Crippen molar-refractivity contribution in [1.29, 1.82) is 0 Å². The Hall–Kier alpha value is -2.44. The summed E-state index contributed by atoms with van der Waals surface area (Å²) in [5.74, 6) is -0.356. The van der Waals surface area contributed by atoms with Crippen molar-refractivity contribution in [2.75, 3.05) is 6.54 Å². The lowest BCUT2D eigenvalue weighted by molar-refractivity contribution is 0.627. The third kappa shape index (κ3) is 4.32. The minimum absolute atomic E-state index is 0.0375. The van der Waals surface area contributed by atoms with Crippen molar-refractivity contribution >= 4 is 45.7 Å². The lowest BCUT2D eigenvalue weighted by atomic mass is 10.1. The van der Waals surface area contributed by atoms with Gasteiger partial charge in [0.2, 0.25) is 0 Å². The summed E-state index contributed by atoms with van der Waals surface area (Å²) in [6.45, 7) is 3.44. The van der Waals surface area contributed by atoms with E-state index in [0.717, 1.165) is 12.1 Å². The minimum atomic E-state index is -0.639. The van der Waals surface area contributed by atoms with E-state index in [0.29, 0.717) is 38.7 Å². The van der Waals surface area contributed by atoms with E-state index in [1.807, 2.05) is 19.1 Å². The van der Waals surface area contributed by atoms with Gasteiger partial charge in [0.15, 0.2) is 0 Å². The predicted molar refractivity (Wildman–Crippen MR) is 125 cm³/mol. The number of halogens is 4. The Morgan fingerprint density at radius 2 is 1.77 bits per heavy atom. The third-order valence-corrected chi connectivity index (χ3v) is 5.71. The first-order valence-corrected chi connectivity index (χ1v) is 10.7. The average Bonchev–Trinajstić information content (AvgIpc) is 2.75. The maximum atomic E-state index is 14.3. The summed E-state index contributed by atoms with van der Waals surface area (Å²) >= 11 is 18.5. The predicted octanol–water partition coefficient (Wildman–Crippen LogP) is 6.26. The van der Waals surface area contributed by atoms with Crippen LogP contribution in [-0.2, 0) is 6.54 Å². The van der Waals surface area contributed by atoms with Gasteiger partial charge in [0.1, 0.15) is 11.6 Å². The second-order valence-electron chi connectivity index (χ2n) is 6.93. The first-order valence-electron chi connectivity index (χ1n) is 9.56. The van der Waals surface area contributed by atoms with Crippen LogP contribution in [0.3, 0.4) is 0 Å². The second-order valence-corrected chi connectivity index (χ2v) is 8.18. The Labute approximate surface area is 193 Å². The highest BCUT2D eigenvalue weighted by Gasteiger charge is 2.18. The van der Waals surface area contributed by atoms with Crippen LogP contribution in [0.1, 0.15) is 12.5 Å². The average molecular weight is 477 g/mol. The molecule has 1 heterocycles. The lowest BCUT2D eigenvalue weighted by Gasteiger charge is -2.16. The molecule has 31 heavy (non-hydrogen) atoms. The fourth-order valence-corrected chi connectivity index (χ4v) is 3.81. The molecule has 0 bridgehead atoms. The molecule has 0 aliphatic carbocycles. The molecule has 0 amide bonds. The topological polar surface area (TPSA) is 46.9 Å². The van der Waals surface area contributed by atoms with Gasteiger partial charge in [-0.25, -0.2) is 9.37 Å². The SMILES string of the molecule is CCNCc1ccc(Cl)c(-c2nc3cc(Cl)ccc3c(=O)n2-c2ccc(Cl)c(F)c2)c1. The van der Waals surface area contributed by atoms with Crippen LogP contribution in [0.15, 0.2) is 59.4 Å². The molecule has 0 saturated carbocycles. The van der Waals surface area contributed by atoms with E-state index in [-0.39, 0.29) is 16.4 Å². The maximum Gasteiger partial charge on any atom is 0.266 e. The van der Waals surface area contributed by atoms with E-state index in [2.05, 4.69) is 5.32 Å². The lowest BCUT2D eigenvalue weighted by Crippen LogP contribution is -2.22. The smallest absolute Gasteiger partial charge is 0.266 e. The highest BCUT2D eigenvalue weighted by Crippen LogP contribution is 2.31. The van der Waals surface area contributed by atoms with Gasteiger partial charge in [0.05, 0.1) is 26.6 Å². The first-order chi connectivity index (χ1) is 14.9. The molecule has 0 atom stereocenters. The van der Waals surface area contributed by atoms with Gasteiger partial charge in [-0.15, -0.1) is 0 Å². The molecule has 0 radical (unpaired) electrons. The molecule has 8 heteroatoms. The molecule has 3 aromatic carbocycles. The van der Waals surface area contributed by atoms with E-state index in [4.69, 9.17) is 39.8 Å². The Morgan fingerprint density at radius 1 is 1.00 bits per heavy atom. The monoisotopic (exact) mass is 475 g/mol. The van der Waals surface area contributed by atoms with Gasteiger partial charge < -0.3 is 5.32 Å². The fourth-order valence-electron chi connectivity index (χ4n) is 3.33. The Kier molecular flexibility index (Phi) is 6.30. The van der Waals surface area contributed by atoms with Crippen LogP contribution in [0, 0.1) is 5.82 Å². The summed E-state index contributed by atoms with van der Waals surface area (Å²) in [6.07, 6.45) is 0. The van der Waals surface area contributed by atoms with Crippen LogP contribution >= 0.6 is 34.8 Å². The van der Waals surface area contributed by atoms with Gasteiger partial charge in [-0.05, 0) is 60.6 Å². The number of fused-ring (bicyclic) bond motifs is 1. The van der Waals surface area contributed by atoms with Crippen molar-refractivity contribution in [1.82, 2.24) is 14.9 Å². The zero-order chi connectivity index (χ0) is 22.1. The molecule has 0 fully saturated rings. The Bertz CT molecular complexity index is 1350. The minimum Gasteiger partial charge on any atom is -0.313 e. The van der Waals surface area contributed by atoms with Gasteiger partial charge in [0, 0.05) is 17.1 Å². The van der Waals surface area contributed by atoms with Gasteiger partial charge in [-0.1, -0.05) is 47.8 Å². The third-order valence-electron chi connectivity index (χ3n) is 4.84. The fraction of sp³-hybridized carbons (Fsp3) is 0.130. The van der Waals surface area contributed by atoms with E-state index in [1.54, 1.807) is 30.3 Å². The summed E-state index contributed by atoms with van der Waals surface area (Å²) in [4.78, 5) is 18.2. The second kappa shape index (κ2) is 8.97. The summed E-state index contributed by atoms with van der Waals surface area (Å²) in [6, 6.07) is 14.5. The highest BCUT2D eigenvalue weighted by molar-refractivity contribution is 6.33. The van der Waals surface area contributed by atoms with Gasteiger partial charge in [-0.2, -0.15) is 0 Å². The number of aromatic nitrogens is 2. The summed E-state index contributed by atoms with van der Waals surface area (Å²) in [5, 5.41) is 4.44. The van der Waals surface area contributed by atoms with Crippen molar-refractivity contribution in [3.8, 4) is 17.1 Å². The number of nitrogens with one attached hydrogen (secondary N) is 1. The van der Waals surface area contributed by atoms with Crippen molar-refractivity contribution < 1.29 is 4.39 Å². The molecule has 4 nitrogen and oxygen atoms in total. The number of hydrogen-bond acceptors (Lipinski definition) is 3. The molecule has 0 aliphatic heterocycles. The molecule has 0 unspecified atom stereocenters. The van der Waals surface area contributed by atoms with E-state index < -0.39 is 5.82 Å². The summed E-state index contributed by atoms with van der Waals surface area (Å²) in [5.41, 5.74) is 1.86. The van der Waals surface area contributed by atoms with Crippen molar-refractivity contribution in [3.05, 3.63) is 91.4 Å². The van der Waals surface area contributed by atoms with Crippen LogP contribution in [0.5, 0.6) is 0 Å². The van der Waals surface area contributed by atoms with Crippen LogP contribution in [-0.4, -0.2) is 16.1 Å².